The van der Waals surface area contributed by atoms with Crippen molar-refractivity contribution in [1.82, 2.24) is 0 Å². The summed E-state index contributed by atoms with van der Waals surface area (Å²) in [5.74, 6) is 0. The molecular formula is C10H24O3Si. The Bertz CT molecular complexity index is 125. The van der Waals surface area contributed by atoms with Crippen molar-refractivity contribution in [3.63, 3.8) is 0 Å². The molecule has 0 unspecified atom stereocenters. The second-order valence-electron chi connectivity index (χ2n) is 3.30. The second kappa shape index (κ2) is 8.41. The van der Waals surface area contributed by atoms with Crippen LogP contribution in [0.15, 0.2) is 0 Å². The zero-order chi connectivity index (χ0) is 10.9. The number of hydrogen-bond acceptors (Lipinski definition) is 3. The van der Waals surface area contributed by atoms with Gasteiger partial charge in [0.15, 0.2) is 0 Å². The summed E-state index contributed by atoms with van der Waals surface area (Å²) in [7, 11) is -1.88. The van der Waals surface area contributed by atoms with Crippen LogP contribution in [0.25, 0.3) is 0 Å². The lowest BCUT2D eigenvalue weighted by Gasteiger charge is -2.25. The molecule has 3 nitrogen and oxygen atoms in total. The molecule has 0 aliphatic heterocycles. The van der Waals surface area contributed by atoms with Crippen LogP contribution >= 0.6 is 0 Å². The van der Waals surface area contributed by atoms with Gasteiger partial charge in [-0.25, -0.2) is 0 Å². The van der Waals surface area contributed by atoms with E-state index in [1.165, 1.54) is 0 Å². The fourth-order valence-corrected chi connectivity index (χ4v) is 3.82. The average molecular weight is 220 g/mol. The first-order chi connectivity index (χ1) is 6.68. The van der Waals surface area contributed by atoms with Crippen molar-refractivity contribution in [3.05, 3.63) is 0 Å². The Kier molecular flexibility index (Phi) is 8.47. The van der Waals surface area contributed by atoms with E-state index in [1.807, 2.05) is 20.8 Å². The molecule has 0 aromatic carbocycles. The normalized spacial score (nSPS) is 12.0. The molecule has 0 N–H and O–H groups in total. The summed E-state index contributed by atoms with van der Waals surface area (Å²) in [6.45, 7) is 11.3. The maximum absolute atomic E-state index is 5.71. The van der Waals surface area contributed by atoms with E-state index in [0.29, 0.717) is 0 Å². The van der Waals surface area contributed by atoms with Crippen molar-refractivity contribution in [2.24, 2.45) is 0 Å². The highest BCUT2D eigenvalue weighted by Gasteiger charge is 2.29. The molecule has 86 valence electrons. The van der Waals surface area contributed by atoms with Crippen LogP contribution in [0.1, 0.15) is 27.2 Å². The third kappa shape index (κ3) is 6.54. The Morgan fingerprint density at radius 2 is 1.50 bits per heavy atom. The quantitative estimate of drug-likeness (QED) is 0.441. The predicted molar refractivity (Wildman–Crippen MR) is 60.8 cm³/mol. The molecular weight excluding hydrogens is 196 g/mol. The number of hydrogen-bond donors (Lipinski definition) is 0. The molecule has 0 bridgehead atoms. The molecule has 14 heavy (non-hydrogen) atoms. The molecule has 0 fully saturated rings. The van der Waals surface area contributed by atoms with Crippen LogP contribution in [0, 0.1) is 0 Å². The summed E-state index contributed by atoms with van der Waals surface area (Å²) in [4.78, 5) is 0. The second-order valence-corrected chi connectivity index (χ2v) is 6.65. The highest BCUT2D eigenvalue weighted by molar-refractivity contribution is 6.66. The molecule has 0 heterocycles. The Labute approximate surface area is 89.0 Å². The zero-order valence-electron chi connectivity index (χ0n) is 9.97. The highest BCUT2D eigenvalue weighted by atomic mass is 28.4. The van der Waals surface area contributed by atoms with Gasteiger partial charge in [0.2, 0.25) is 0 Å². The molecule has 0 aromatic heterocycles. The molecule has 0 radical (unpaired) electrons. The molecule has 4 heteroatoms. The van der Waals surface area contributed by atoms with Crippen LogP contribution in [-0.4, -0.2) is 35.0 Å². The van der Waals surface area contributed by atoms with Crippen molar-refractivity contribution in [1.29, 1.82) is 0 Å². The van der Waals surface area contributed by atoms with E-state index in [1.54, 1.807) is 0 Å². The summed E-state index contributed by atoms with van der Waals surface area (Å²) in [6.07, 6.45) is 1.04. The molecule has 0 spiro atoms. The van der Waals surface area contributed by atoms with Crippen molar-refractivity contribution in [2.75, 3.05) is 26.4 Å². The molecule has 0 rings (SSSR count). The summed E-state index contributed by atoms with van der Waals surface area (Å²) in [5.41, 5.74) is 0. The SMILES string of the molecule is CCOCCC[Si](C)(OCC)OCC. The number of rotatable bonds is 9. The van der Waals surface area contributed by atoms with Crippen molar-refractivity contribution >= 4 is 8.56 Å². The van der Waals surface area contributed by atoms with Gasteiger partial charge in [0, 0.05) is 26.4 Å². The topological polar surface area (TPSA) is 27.7 Å². The standard InChI is InChI=1S/C10H24O3Si/c1-5-11-9-8-10-14(4,12-6-2)13-7-3/h5-10H2,1-4H3. The Hall–Kier alpha value is 0.0969. The minimum atomic E-state index is -1.88. The van der Waals surface area contributed by atoms with E-state index in [4.69, 9.17) is 13.6 Å². The highest BCUT2D eigenvalue weighted by Crippen LogP contribution is 2.15. The van der Waals surface area contributed by atoms with Gasteiger partial charge in [0.05, 0.1) is 0 Å². The van der Waals surface area contributed by atoms with Crippen molar-refractivity contribution < 1.29 is 13.6 Å². The minimum absolute atomic E-state index is 0.747. The van der Waals surface area contributed by atoms with Crippen LogP contribution < -0.4 is 0 Å². The molecule has 0 saturated carbocycles. The van der Waals surface area contributed by atoms with Crippen LogP contribution in [0.4, 0.5) is 0 Å². The Balaban J connectivity index is 3.71. The minimum Gasteiger partial charge on any atom is -0.395 e. The number of ether oxygens (including phenoxy) is 1. The van der Waals surface area contributed by atoms with E-state index in [2.05, 4.69) is 6.55 Å². The monoisotopic (exact) mass is 220 g/mol. The van der Waals surface area contributed by atoms with E-state index in [9.17, 15) is 0 Å². The predicted octanol–water partition coefficient (Wildman–Crippen LogP) is 2.56. The summed E-state index contributed by atoms with van der Waals surface area (Å²) in [6, 6.07) is 1.02. The van der Waals surface area contributed by atoms with Crippen LogP contribution in [0.2, 0.25) is 12.6 Å². The summed E-state index contributed by atoms with van der Waals surface area (Å²) in [5, 5.41) is 0. The van der Waals surface area contributed by atoms with Crippen LogP contribution in [0.3, 0.4) is 0 Å². The Morgan fingerprint density at radius 1 is 0.929 bits per heavy atom. The fraction of sp³-hybridized carbons (Fsp3) is 1.00. The van der Waals surface area contributed by atoms with E-state index in [-0.39, 0.29) is 0 Å². The maximum Gasteiger partial charge on any atom is 0.334 e. The molecule has 0 aromatic rings. The summed E-state index contributed by atoms with van der Waals surface area (Å²) < 4.78 is 16.7. The first-order valence-corrected chi connectivity index (χ1v) is 8.06. The zero-order valence-corrected chi connectivity index (χ0v) is 11.0. The van der Waals surface area contributed by atoms with E-state index in [0.717, 1.165) is 38.9 Å². The molecule has 0 aliphatic rings. The van der Waals surface area contributed by atoms with Crippen molar-refractivity contribution in [2.45, 2.75) is 39.8 Å². The average Bonchev–Trinajstić information content (AvgIpc) is 2.13. The lowest BCUT2D eigenvalue weighted by molar-refractivity contribution is 0.140. The van der Waals surface area contributed by atoms with Gasteiger partial charge in [-0.2, -0.15) is 0 Å². The first kappa shape index (κ1) is 14.1. The maximum atomic E-state index is 5.71. The third-order valence-electron chi connectivity index (χ3n) is 2.02. The van der Waals surface area contributed by atoms with Crippen LogP contribution in [-0.2, 0) is 13.6 Å². The van der Waals surface area contributed by atoms with Gasteiger partial charge in [-0.05, 0) is 39.8 Å². The lowest BCUT2D eigenvalue weighted by Crippen LogP contribution is -2.38. The lowest BCUT2D eigenvalue weighted by atomic mass is 10.5. The largest absolute Gasteiger partial charge is 0.395 e. The fourth-order valence-electron chi connectivity index (χ4n) is 1.44. The van der Waals surface area contributed by atoms with Gasteiger partial charge in [0.1, 0.15) is 0 Å². The molecule has 0 amide bonds. The van der Waals surface area contributed by atoms with Crippen LogP contribution in [0.5, 0.6) is 0 Å². The van der Waals surface area contributed by atoms with Gasteiger partial charge in [-0.15, -0.1) is 0 Å². The van der Waals surface area contributed by atoms with Gasteiger partial charge in [0.25, 0.3) is 0 Å². The Morgan fingerprint density at radius 3 is 1.93 bits per heavy atom. The first-order valence-electron chi connectivity index (χ1n) is 5.54. The molecule has 0 atom stereocenters. The van der Waals surface area contributed by atoms with Gasteiger partial charge in [-0.3, -0.25) is 0 Å². The third-order valence-corrected chi connectivity index (χ3v) is 5.08. The van der Waals surface area contributed by atoms with E-state index >= 15 is 0 Å². The van der Waals surface area contributed by atoms with Gasteiger partial charge >= 0.3 is 8.56 Å². The summed E-state index contributed by atoms with van der Waals surface area (Å²) >= 11 is 0. The van der Waals surface area contributed by atoms with Crippen molar-refractivity contribution in [3.8, 4) is 0 Å². The van der Waals surface area contributed by atoms with Gasteiger partial charge in [-0.1, -0.05) is 0 Å². The molecule has 0 aliphatic carbocycles. The van der Waals surface area contributed by atoms with Gasteiger partial charge < -0.3 is 13.6 Å². The smallest absolute Gasteiger partial charge is 0.334 e. The van der Waals surface area contributed by atoms with E-state index < -0.39 is 8.56 Å². The molecule has 0 saturated heterocycles.